The lowest BCUT2D eigenvalue weighted by atomic mass is 10.2. The maximum atomic E-state index is 3.50. The van der Waals surface area contributed by atoms with Crippen LogP contribution < -0.4 is 0 Å². The van der Waals surface area contributed by atoms with Gasteiger partial charge in [-0.15, -0.1) is 0 Å². The van der Waals surface area contributed by atoms with Gasteiger partial charge in [-0.3, -0.25) is 0 Å². The Morgan fingerprint density at radius 3 is 2.79 bits per heavy atom. The molecule has 1 aromatic heterocycles. The summed E-state index contributed by atoms with van der Waals surface area (Å²) < 4.78 is 3.49. The minimum absolute atomic E-state index is 0.945. The standard InChI is InChI=1S/C12H12BrN/c13-12-4-3-10-7-14(6-9-1-2-9)8-11(10)5-12/h3-5,7-9H,1-2,6H2. The maximum Gasteiger partial charge on any atom is 0.0248 e. The first kappa shape index (κ1) is 8.54. The molecule has 2 heteroatoms. The van der Waals surface area contributed by atoms with E-state index in [4.69, 9.17) is 0 Å². The number of halogens is 1. The van der Waals surface area contributed by atoms with E-state index in [-0.39, 0.29) is 0 Å². The Morgan fingerprint density at radius 1 is 1.21 bits per heavy atom. The number of benzene rings is 1. The van der Waals surface area contributed by atoms with Crippen LogP contribution >= 0.6 is 15.9 Å². The molecule has 0 bridgehead atoms. The minimum atomic E-state index is 0.945. The van der Waals surface area contributed by atoms with E-state index in [2.05, 4.69) is 51.1 Å². The zero-order chi connectivity index (χ0) is 9.54. The second-order valence-electron chi connectivity index (χ2n) is 4.17. The average Bonchev–Trinajstić information content (AvgIpc) is 2.84. The number of aromatic nitrogens is 1. The molecule has 0 spiro atoms. The van der Waals surface area contributed by atoms with E-state index in [1.54, 1.807) is 0 Å². The Balaban J connectivity index is 2.01. The Bertz CT molecular complexity index is 468. The molecule has 3 rings (SSSR count). The normalized spacial score (nSPS) is 16.4. The molecule has 1 saturated carbocycles. The van der Waals surface area contributed by atoms with Gasteiger partial charge in [0, 0.05) is 28.8 Å². The van der Waals surface area contributed by atoms with Crippen molar-refractivity contribution in [3.05, 3.63) is 35.1 Å². The Hall–Kier alpha value is -0.760. The lowest BCUT2D eigenvalue weighted by molar-refractivity contribution is 0.632. The van der Waals surface area contributed by atoms with Crippen molar-refractivity contribution in [2.45, 2.75) is 19.4 Å². The monoisotopic (exact) mass is 249 g/mol. The lowest BCUT2D eigenvalue weighted by Gasteiger charge is -1.97. The molecule has 1 aliphatic carbocycles. The highest BCUT2D eigenvalue weighted by atomic mass is 79.9. The van der Waals surface area contributed by atoms with Gasteiger partial charge >= 0.3 is 0 Å². The zero-order valence-electron chi connectivity index (χ0n) is 7.91. The first-order valence-corrected chi connectivity index (χ1v) is 5.85. The van der Waals surface area contributed by atoms with E-state index < -0.39 is 0 Å². The maximum absolute atomic E-state index is 3.50. The van der Waals surface area contributed by atoms with Crippen LogP contribution in [-0.2, 0) is 6.54 Å². The Morgan fingerprint density at radius 2 is 2.00 bits per heavy atom. The fourth-order valence-electron chi connectivity index (χ4n) is 1.87. The number of hydrogen-bond donors (Lipinski definition) is 0. The van der Waals surface area contributed by atoms with Crippen LogP contribution in [0, 0.1) is 5.92 Å². The van der Waals surface area contributed by atoms with Crippen molar-refractivity contribution < 1.29 is 0 Å². The molecule has 0 unspecified atom stereocenters. The van der Waals surface area contributed by atoms with Crippen LogP contribution in [0.1, 0.15) is 12.8 Å². The quantitative estimate of drug-likeness (QED) is 0.763. The summed E-state index contributed by atoms with van der Waals surface area (Å²) in [5.41, 5.74) is 0. The van der Waals surface area contributed by atoms with Gasteiger partial charge in [0.1, 0.15) is 0 Å². The summed E-state index contributed by atoms with van der Waals surface area (Å²) in [6.45, 7) is 1.20. The Kier molecular flexibility index (Phi) is 1.91. The molecule has 0 aliphatic heterocycles. The summed E-state index contributed by atoms with van der Waals surface area (Å²) >= 11 is 3.50. The summed E-state index contributed by atoms with van der Waals surface area (Å²) in [7, 11) is 0. The number of nitrogens with zero attached hydrogens (tertiary/aromatic N) is 1. The van der Waals surface area contributed by atoms with Crippen molar-refractivity contribution >= 4 is 26.7 Å². The second kappa shape index (κ2) is 3.13. The van der Waals surface area contributed by atoms with Crippen LogP contribution in [0.2, 0.25) is 0 Å². The first-order chi connectivity index (χ1) is 6.81. The second-order valence-corrected chi connectivity index (χ2v) is 5.09. The predicted octanol–water partition coefficient (Wildman–Crippen LogP) is 3.81. The SMILES string of the molecule is Brc1ccc2cn(CC3CC3)cc2c1. The van der Waals surface area contributed by atoms with Gasteiger partial charge in [0.25, 0.3) is 0 Å². The van der Waals surface area contributed by atoms with Gasteiger partial charge in [-0.1, -0.05) is 22.0 Å². The molecule has 14 heavy (non-hydrogen) atoms. The summed E-state index contributed by atoms with van der Waals surface area (Å²) in [4.78, 5) is 0. The molecule has 1 aliphatic rings. The average molecular weight is 250 g/mol. The summed E-state index contributed by atoms with van der Waals surface area (Å²) in [6, 6.07) is 6.45. The van der Waals surface area contributed by atoms with Crippen LogP contribution in [0.4, 0.5) is 0 Å². The fraction of sp³-hybridized carbons (Fsp3) is 0.333. The molecular formula is C12H12BrN. The third kappa shape index (κ3) is 1.59. The van der Waals surface area contributed by atoms with Crippen molar-refractivity contribution in [2.24, 2.45) is 5.92 Å². The molecule has 0 amide bonds. The summed E-state index contributed by atoms with van der Waals surface area (Å²) in [5, 5.41) is 2.67. The molecule has 2 aromatic rings. The number of fused-ring (bicyclic) bond motifs is 1. The van der Waals surface area contributed by atoms with E-state index in [1.165, 1.54) is 30.2 Å². The topological polar surface area (TPSA) is 4.93 Å². The van der Waals surface area contributed by atoms with Crippen molar-refractivity contribution in [2.75, 3.05) is 0 Å². The van der Waals surface area contributed by atoms with E-state index in [1.807, 2.05) is 0 Å². The highest BCUT2D eigenvalue weighted by Gasteiger charge is 2.21. The molecule has 1 heterocycles. The van der Waals surface area contributed by atoms with Crippen LogP contribution in [-0.4, -0.2) is 4.57 Å². The van der Waals surface area contributed by atoms with Crippen molar-refractivity contribution in [3.63, 3.8) is 0 Å². The van der Waals surface area contributed by atoms with Crippen LogP contribution in [0.3, 0.4) is 0 Å². The fourth-order valence-corrected chi connectivity index (χ4v) is 2.25. The van der Waals surface area contributed by atoms with Crippen molar-refractivity contribution in [1.82, 2.24) is 4.57 Å². The minimum Gasteiger partial charge on any atom is -0.353 e. The smallest absolute Gasteiger partial charge is 0.0248 e. The van der Waals surface area contributed by atoms with Gasteiger partial charge < -0.3 is 4.57 Å². The number of rotatable bonds is 2. The van der Waals surface area contributed by atoms with Gasteiger partial charge in [-0.25, -0.2) is 0 Å². The van der Waals surface area contributed by atoms with E-state index in [0.717, 1.165) is 10.4 Å². The van der Waals surface area contributed by atoms with Crippen LogP contribution in [0.15, 0.2) is 35.1 Å². The van der Waals surface area contributed by atoms with Crippen molar-refractivity contribution in [1.29, 1.82) is 0 Å². The van der Waals surface area contributed by atoms with E-state index in [0.29, 0.717) is 0 Å². The molecule has 1 nitrogen and oxygen atoms in total. The highest BCUT2D eigenvalue weighted by molar-refractivity contribution is 9.10. The zero-order valence-corrected chi connectivity index (χ0v) is 9.50. The molecule has 0 N–H and O–H groups in total. The van der Waals surface area contributed by atoms with Gasteiger partial charge in [0.2, 0.25) is 0 Å². The first-order valence-electron chi connectivity index (χ1n) is 5.06. The third-order valence-corrected chi connectivity index (χ3v) is 3.32. The summed E-state index contributed by atoms with van der Waals surface area (Å²) in [6.07, 6.45) is 7.33. The highest BCUT2D eigenvalue weighted by Crippen LogP contribution is 2.31. The summed E-state index contributed by atoms with van der Waals surface area (Å²) in [5.74, 6) is 0.945. The molecule has 1 aromatic carbocycles. The molecule has 72 valence electrons. The largest absolute Gasteiger partial charge is 0.353 e. The molecule has 0 atom stereocenters. The molecule has 1 fully saturated rings. The van der Waals surface area contributed by atoms with Gasteiger partial charge in [-0.2, -0.15) is 0 Å². The van der Waals surface area contributed by atoms with Crippen molar-refractivity contribution in [3.8, 4) is 0 Å². The predicted molar refractivity (Wildman–Crippen MR) is 62.4 cm³/mol. The van der Waals surface area contributed by atoms with Gasteiger partial charge in [0.15, 0.2) is 0 Å². The van der Waals surface area contributed by atoms with E-state index >= 15 is 0 Å². The molecule has 0 radical (unpaired) electrons. The van der Waals surface area contributed by atoms with E-state index in [9.17, 15) is 0 Å². The van der Waals surface area contributed by atoms with Crippen LogP contribution in [0.25, 0.3) is 10.8 Å². The third-order valence-electron chi connectivity index (χ3n) is 2.82. The Labute approximate surface area is 91.9 Å². The van der Waals surface area contributed by atoms with Gasteiger partial charge in [-0.05, 0) is 36.3 Å². The molecular weight excluding hydrogens is 238 g/mol. The number of hydrogen-bond acceptors (Lipinski definition) is 0. The lowest BCUT2D eigenvalue weighted by Crippen LogP contribution is -1.94. The molecule has 0 saturated heterocycles. The van der Waals surface area contributed by atoms with Gasteiger partial charge in [0.05, 0.1) is 0 Å². The van der Waals surface area contributed by atoms with Crippen LogP contribution in [0.5, 0.6) is 0 Å².